The highest BCUT2D eigenvalue weighted by atomic mass is 15.1. The minimum Gasteiger partial charge on any atom is -0.302 e. The first kappa shape index (κ1) is 48.3. The van der Waals surface area contributed by atoms with E-state index in [9.17, 15) is 0 Å². The highest BCUT2D eigenvalue weighted by Crippen LogP contribution is 2.55. The van der Waals surface area contributed by atoms with E-state index in [4.69, 9.17) is 0 Å². The van der Waals surface area contributed by atoms with Crippen molar-refractivity contribution in [2.75, 3.05) is 13.6 Å². The summed E-state index contributed by atoms with van der Waals surface area (Å²) >= 11 is 0. The van der Waals surface area contributed by atoms with Gasteiger partial charge in [-0.1, -0.05) is 242 Å². The van der Waals surface area contributed by atoms with Crippen molar-refractivity contribution >= 4 is 0 Å². The van der Waals surface area contributed by atoms with E-state index in [1.807, 2.05) is 83.1 Å². The molecule has 0 amide bonds. The van der Waals surface area contributed by atoms with Crippen molar-refractivity contribution in [1.29, 1.82) is 0 Å². The van der Waals surface area contributed by atoms with E-state index in [0.717, 1.165) is 19.5 Å². The van der Waals surface area contributed by atoms with Crippen LogP contribution in [0.15, 0.2) is 152 Å². The molecule has 0 bridgehead atoms. The molecule has 1 nitrogen and oxygen atoms in total. The Hall–Kier alpha value is -4.72. The van der Waals surface area contributed by atoms with Crippen LogP contribution in [0.25, 0.3) is 22.3 Å². The van der Waals surface area contributed by atoms with Crippen LogP contribution in [0.3, 0.4) is 0 Å². The Morgan fingerprint density at radius 2 is 0.800 bits per heavy atom. The normalized spacial score (nSPS) is 11.1. The summed E-state index contributed by atoms with van der Waals surface area (Å²) < 4.78 is 0. The van der Waals surface area contributed by atoms with Crippen molar-refractivity contribution in [3.63, 3.8) is 0 Å². The van der Waals surface area contributed by atoms with Gasteiger partial charge < -0.3 is 4.90 Å². The standard InChI is InChI=1S/C25H18.C17H19N.6C2H6/c1-3-11-19(12-4-1)25(20-13-5-2-6-14-20)23-17-9-7-15-21(23)22-16-8-10-18-24(22)25;1-3-18(2)12-13-8-9-17-15(10-13)11-14-6-4-5-7-16(14)17;6*1-2/h1-18H;4-10H,3,11-12H2,1-2H3;6*1-2H3. The number of nitrogens with zero attached hydrogens (tertiary/aromatic N) is 1. The van der Waals surface area contributed by atoms with E-state index in [1.165, 1.54) is 61.2 Å². The SMILES string of the molecule is CC.CC.CC.CC.CC.CC.CCN(C)Cc1ccc2c(c1)Cc1ccccc1-2.c1ccc(C2(c3ccccc3)c3ccccc3-c3ccccc32)cc1. The summed E-state index contributed by atoms with van der Waals surface area (Å²) in [6.45, 7) is 28.3. The quantitative estimate of drug-likeness (QED) is 0.170. The Bertz CT molecular complexity index is 1780. The molecular formula is C54H73N. The van der Waals surface area contributed by atoms with Crippen LogP contribution in [-0.4, -0.2) is 18.5 Å². The second kappa shape index (κ2) is 27.0. The van der Waals surface area contributed by atoms with Gasteiger partial charge >= 0.3 is 0 Å². The van der Waals surface area contributed by atoms with Crippen LogP contribution in [0.2, 0.25) is 0 Å². The van der Waals surface area contributed by atoms with Crippen LogP contribution in [-0.2, 0) is 18.4 Å². The summed E-state index contributed by atoms with van der Waals surface area (Å²) in [7, 11) is 2.17. The van der Waals surface area contributed by atoms with Gasteiger partial charge in [-0.25, -0.2) is 0 Å². The van der Waals surface area contributed by atoms with E-state index < -0.39 is 0 Å². The summed E-state index contributed by atoms with van der Waals surface area (Å²) in [6.07, 6.45) is 1.09. The van der Waals surface area contributed by atoms with Crippen molar-refractivity contribution in [3.8, 4) is 22.3 Å². The third kappa shape index (κ3) is 11.2. The third-order valence-electron chi connectivity index (χ3n) is 9.22. The number of rotatable bonds is 5. The van der Waals surface area contributed by atoms with E-state index in [2.05, 4.69) is 171 Å². The smallest absolute Gasteiger partial charge is 0.0713 e. The molecule has 0 saturated carbocycles. The molecular weight excluding hydrogens is 663 g/mol. The molecule has 0 fully saturated rings. The monoisotopic (exact) mass is 736 g/mol. The summed E-state index contributed by atoms with van der Waals surface area (Å²) in [4.78, 5) is 2.34. The van der Waals surface area contributed by atoms with Gasteiger partial charge in [-0.05, 0) is 81.2 Å². The van der Waals surface area contributed by atoms with E-state index in [1.54, 1.807) is 0 Å². The van der Waals surface area contributed by atoms with Crippen molar-refractivity contribution in [2.24, 2.45) is 0 Å². The van der Waals surface area contributed by atoms with Crippen LogP contribution in [0, 0.1) is 0 Å². The van der Waals surface area contributed by atoms with Gasteiger partial charge in [-0.15, -0.1) is 0 Å². The topological polar surface area (TPSA) is 3.24 Å². The minimum absolute atomic E-state index is 0.254. The molecule has 8 rings (SSSR count). The van der Waals surface area contributed by atoms with Gasteiger partial charge in [-0.2, -0.15) is 0 Å². The summed E-state index contributed by atoms with van der Waals surface area (Å²) in [5.41, 5.74) is 15.0. The number of hydrogen-bond acceptors (Lipinski definition) is 1. The zero-order valence-corrected chi connectivity index (χ0v) is 37.0. The van der Waals surface area contributed by atoms with Crippen molar-refractivity contribution < 1.29 is 0 Å². The fourth-order valence-electron chi connectivity index (χ4n) is 7.12. The molecule has 2 aliphatic rings. The molecule has 6 aromatic rings. The Labute approximate surface area is 338 Å². The predicted molar refractivity (Wildman–Crippen MR) is 249 cm³/mol. The van der Waals surface area contributed by atoms with Gasteiger partial charge in [0.25, 0.3) is 0 Å². The molecule has 0 saturated heterocycles. The first-order chi connectivity index (χ1) is 27.2. The van der Waals surface area contributed by atoms with Gasteiger partial charge in [-0.3, -0.25) is 0 Å². The van der Waals surface area contributed by atoms with E-state index >= 15 is 0 Å². The Kier molecular flexibility index (Phi) is 23.7. The Morgan fingerprint density at radius 3 is 1.25 bits per heavy atom. The maximum absolute atomic E-state index is 2.38. The molecule has 0 aliphatic heterocycles. The molecule has 0 aromatic heterocycles. The fraction of sp³-hybridized carbons (Fsp3) is 0.333. The number of benzene rings is 6. The average Bonchev–Trinajstić information content (AvgIpc) is 3.82. The van der Waals surface area contributed by atoms with E-state index in [0.29, 0.717) is 0 Å². The second-order valence-corrected chi connectivity index (χ2v) is 11.7. The zero-order valence-electron chi connectivity index (χ0n) is 37.0. The highest BCUT2D eigenvalue weighted by molar-refractivity contribution is 5.86. The molecule has 0 radical (unpaired) electrons. The molecule has 0 spiro atoms. The third-order valence-corrected chi connectivity index (χ3v) is 9.22. The predicted octanol–water partition coefficient (Wildman–Crippen LogP) is 15.9. The van der Waals surface area contributed by atoms with Crippen LogP contribution in [0.1, 0.15) is 129 Å². The summed E-state index contributed by atoms with van der Waals surface area (Å²) in [5, 5.41) is 0. The Morgan fingerprint density at radius 1 is 0.418 bits per heavy atom. The molecule has 0 unspecified atom stereocenters. The van der Waals surface area contributed by atoms with Crippen molar-refractivity contribution in [1.82, 2.24) is 4.90 Å². The van der Waals surface area contributed by atoms with Gasteiger partial charge in [0.05, 0.1) is 5.41 Å². The lowest BCUT2D eigenvalue weighted by Gasteiger charge is -2.33. The highest BCUT2D eigenvalue weighted by Gasteiger charge is 2.45. The average molecular weight is 736 g/mol. The van der Waals surface area contributed by atoms with Gasteiger partial charge in [0.2, 0.25) is 0 Å². The number of fused-ring (bicyclic) bond motifs is 6. The van der Waals surface area contributed by atoms with Gasteiger partial charge in [0.15, 0.2) is 0 Å². The molecule has 0 N–H and O–H groups in total. The van der Waals surface area contributed by atoms with Crippen LogP contribution >= 0.6 is 0 Å². The maximum Gasteiger partial charge on any atom is 0.0713 e. The van der Waals surface area contributed by atoms with E-state index in [-0.39, 0.29) is 5.41 Å². The lowest BCUT2D eigenvalue weighted by Crippen LogP contribution is -2.28. The lowest BCUT2D eigenvalue weighted by atomic mass is 9.68. The molecule has 2 aliphatic carbocycles. The lowest BCUT2D eigenvalue weighted by molar-refractivity contribution is 0.345. The molecule has 0 atom stereocenters. The molecule has 55 heavy (non-hydrogen) atoms. The van der Waals surface area contributed by atoms with Crippen LogP contribution in [0.5, 0.6) is 0 Å². The summed E-state index contributed by atoms with van der Waals surface area (Å²) in [5.74, 6) is 0. The van der Waals surface area contributed by atoms with Gasteiger partial charge in [0.1, 0.15) is 0 Å². The molecule has 1 heteroatoms. The fourth-order valence-corrected chi connectivity index (χ4v) is 7.12. The first-order valence-electron chi connectivity index (χ1n) is 21.4. The van der Waals surface area contributed by atoms with Crippen LogP contribution < -0.4 is 0 Å². The zero-order chi connectivity index (χ0) is 41.2. The van der Waals surface area contributed by atoms with Crippen molar-refractivity contribution in [3.05, 3.63) is 191 Å². The molecule has 294 valence electrons. The minimum atomic E-state index is -0.254. The molecule has 6 aromatic carbocycles. The van der Waals surface area contributed by atoms with Gasteiger partial charge in [0, 0.05) is 6.54 Å². The first-order valence-corrected chi connectivity index (χ1v) is 21.4. The second-order valence-electron chi connectivity index (χ2n) is 11.7. The maximum atomic E-state index is 2.38. The molecule has 0 heterocycles. The summed E-state index contributed by atoms with van der Waals surface area (Å²) in [6, 6.07) is 55.1. The van der Waals surface area contributed by atoms with Crippen LogP contribution in [0.4, 0.5) is 0 Å². The largest absolute Gasteiger partial charge is 0.302 e. The van der Waals surface area contributed by atoms with Crippen molar-refractivity contribution in [2.45, 2.75) is 108 Å². The Balaban J connectivity index is 0.000000446. The number of hydrogen-bond donors (Lipinski definition) is 0.